The fourth-order valence-electron chi connectivity index (χ4n) is 2.85. The molecule has 2 nitrogen and oxygen atoms in total. The third-order valence-corrected chi connectivity index (χ3v) is 7.64. The van der Waals surface area contributed by atoms with Gasteiger partial charge in [-0.05, 0) is 32.1 Å². The molecule has 4 heteroatoms. The third-order valence-electron chi connectivity index (χ3n) is 4.53. The molecule has 3 saturated carbocycles. The summed E-state index contributed by atoms with van der Waals surface area (Å²) in [6.45, 7) is 2.26. The summed E-state index contributed by atoms with van der Waals surface area (Å²) in [7, 11) is 4.26. The Bertz CT molecular complexity index is 317. The molecule has 0 aromatic carbocycles. The van der Waals surface area contributed by atoms with E-state index >= 15 is 0 Å². The molecule has 3 atom stereocenters. The molecule has 0 saturated heterocycles. The Morgan fingerprint density at radius 1 is 1.00 bits per heavy atom. The van der Waals surface area contributed by atoms with Crippen molar-refractivity contribution >= 4 is 15.0 Å². The van der Waals surface area contributed by atoms with Crippen LogP contribution in [0.25, 0.3) is 0 Å². The van der Waals surface area contributed by atoms with E-state index in [2.05, 4.69) is 45.2 Å². The fraction of sp³-hybridized carbons (Fsp3) is 0.500. The molecular weight excluding hydrogens is 405 g/mol. The summed E-state index contributed by atoms with van der Waals surface area (Å²) in [5.74, 6) is 1.46. The predicted molar refractivity (Wildman–Crippen MR) is 98.0 cm³/mol. The molecule has 0 aliphatic heterocycles. The van der Waals surface area contributed by atoms with Crippen LogP contribution >= 0.6 is 0 Å². The minimum absolute atomic E-state index is 0. The second-order valence-corrected chi connectivity index (χ2v) is 9.14. The van der Waals surface area contributed by atoms with Gasteiger partial charge < -0.3 is 0 Å². The van der Waals surface area contributed by atoms with E-state index in [0.717, 1.165) is 6.42 Å². The van der Waals surface area contributed by atoms with Gasteiger partial charge in [0.25, 0.3) is 0 Å². The average Bonchev–Trinajstić information content (AvgIpc) is 3.23. The third kappa shape index (κ3) is 7.29. The molecule has 3 rings (SSSR count). The van der Waals surface area contributed by atoms with Crippen LogP contribution in [0.15, 0.2) is 0 Å². The number of hydrogen-bond donors (Lipinski definition) is 1. The maximum atomic E-state index is 10.1. The molecule has 0 bridgehead atoms. The van der Waals surface area contributed by atoms with Crippen LogP contribution in [-0.2, 0) is 17.1 Å². The number of aliphatic hydroxyl groups excluding tert-OH is 1. The molecule has 1 N–H and O–H groups in total. The first-order valence-corrected chi connectivity index (χ1v) is 10.4. The summed E-state index contributed by atoms with van der Waals surface area (Å²) in [5.41, 5.74) is 0. The standard InChI is InChI=1S/C15H24NOSe.C5H5.Fe/c1-11(16(2)3)12-7-6-10-14(12)18-15-9-5-4-8-13(15)17;1-2-4-5-3-1;/h6-7,10-11,13,15,17H,4-5,8-9H2,1-3H3;1-5H;/q;;+2/t11?,13-,15-;;/m0../s1. The van der Waals surface area contributed by atoms with Crippen LogP contribution in [0.5, 0.6) is 0 Å². The van der Waals surface area contributed by atoms with Gasteiger partial charge in [0.05, 0.1) is 0 Å². The fourth-order valence-corrected chi connectivity index (χ4v) is 5.86. The number of nitrogens with zero attached hydrogens (tertiary/aromatic N) is 1. The van der Waals surface area contributed by atoms with Crippen LogP contribution in [-0.4, -0.2) is 51.2 Å². The molecular formula is C20H29FeNOSe+2. The van der Waals surface area contributed by atoms with E-state index in [1.165, 1.54) is 30.0 Å². The Hall–Kier alpha value is 0.959. The van der Waals surface area contributed by atoms with Crippen LogP contribution in [0.3, 0.4) is 0 Å². The van der Waals surface area contributed by atoms with E-state index < -0.39 is 0 Å². The van der Waals surface area contributed by atoms with Crippen LogP contribution in [0, 0.1) is 62.1 Å². The van der Waals surface area contributed by atoms with Crippen molar-refractivity contribution in [3.8, 4) is 0 Å². The minimum atomic E-state index is -0.0591. The summed E-state index contributed by atoms with van der Waals surface area (Å²) in [6, 6.07) is 0.470. The van der Waals surface area contributed by atoms with E-state index in [9.17, 15) is 5.11 Å². The number of hydrogen-bond acceptors (Lipinski definition) is 2. The van der Waals surface area contributed by atoms with Crippen molar-refractivity contribution in [2.75, 3.05) is 14.1 Å². The number of rotatable bonds is 4. The molecule has 0 spiro atoms. The van der Waals surface area contributed by atoms with Crippen molar-refractivity contribution in [3.05, 3.63) is 62.1 Å². The van der Waals surface area contributed by atoms with Gasteiger partial charge in [-0.2, -0.15) is 0 Å². The van der Waals surface area contributed by atoms with Gasteiger partial charge in [0.2, 0.25) is 0 Å². The molecule has 0 aromatic rings. The maximum Gasteiger partial charge on any atom is 2.00 e. The Balaban J connectivity index is 0.000000412. The van der Waals surface area contributed by atoms with Crippen LogP contribution < -0.4 is 0 Å². The van der Waals surface area contributed by atoms with Gasteiger partial charge in [0.15, 0.2) is 0 Å². The Labute approximate surface area is 167 Å². The normalized spacial score (nSPS) is 29.9. The van der Waals surface area contributed by atoms with Gasteiger partial charge in [-0.3, -0.25) is 0 Å². The maximum absolute atomic E-state index is 10.1. The summed E-state index contributed by atoms with van der Waals surface area (Å²) in [4.78, 5) is 4.28. The van der Waals surface area contributed by atoms with E-state index in [1.54, 1.807) is 0 Å². The zero-order chi connectivity index (χ0) is 16.7. The number of aliphatic hydroxyl groups is 1. The van der Waals surface area contributed by atoms with Gasteiger partial charge in [0.1, 0.15) is 0 Å². The first-order valence-electron chi connectivity index (χ1n) is 8.53. The molecule has 3 aliphatic carbocycles. The molecule has 24 heavy (non-hydrogen) atoms. The molecule has 0 amide bonds. The van der Waals surface area contributed by atoms with Crippen LogP contribution in [0.4, 0.5) is 0 Å². The zero-order valence-electron chi connectivity index (χ0n) is 14.8. The first-order chi connectivity index (χ1) is 11.1. The van der Waals surface area contributed by atoms with Gasteiger partial charge in [-0.25, -0.2) is 0 Å². The first kappa shape index (κ1) is 23.0. The molecule has 10 radical (unpaired) electrons. The second-order valence-electron chi connectivity index (χ2n) is 6.46. The molecule has 1 unspecified atom stereocenters. The largest absolute Gasteiger partial charge is 2.00 e. The van der Waals surface area contributed by atoms with Crippen molar-refractivity contribution < 1.29 is 22.2 Å². The average molecular weight is 434 g/mol. The van der Waals surface area contributed by atoms with Gasteiger partial charge in [-0.15, -0.1) is 0 Å². The Morgan fingerprint density at radius 2 is 1.58 bits per heavy atom. The van der Waals surface area contributed by atoms with Crippen molar-refractivity contribution in [1.82, 2.24) is 4.90 Å². The van der Waals surface area contributed by atoms with Crippen molar-refractivity contribution in [1.29, 1.82) is 0 Å². The van der Waals surface area contributed by atoms with E-state index in [1.807, 2.05) is 32.1 Å². The van der Waals surface area contributed by atoms with E-state index in [-0.39, 0.29) is 23.2 Å². The topological polar surface area (TPSA) is 23.5 Å². The van der Waals surface area contributed by atoms with Gasteiger partial charge in [0, 0.05) is 0 Å². The summed E-state index contributed by atoms with van der Waals surface area (Å²) in [5, 5.41) is 10.1. The van der Waals surface area contributed by atoms with E-state index in [0.29, 0.717) is 25.8 Å². The van der Waals surface area contributed by atoms with Crippen LogP contribution in [0.2, 0.25) is 4.82 Å². The van der Waals surface area contributed by atoms with Crippen LogP contribution in [0.1, 0.15) is 32.6 Å². The van der Waals surface area contributed by atoms with Gasteiger partial charge >= 0.3 is 136 Å². The molecule has 3 fully saturated rings. The Kier molecular flexibility index (Phi) is 11.8. The molecule has 0 aromatic heterocycles. The zero-order valence-corrected chi connectivity index (χ0v) is 17.7. The van der Waals surface area contributed by atoms with Crippen molar-refractivity contribution in [2.45, 2.75) is 49.6 Å². The monoisotopic (exact) mass is 435 g/mol. The molecule has 3 aliphatic rings. The van der Waals surface area contributed by atoms with E-state index in [4.69, 9.17) is 0 Å². The Morgan fingerprint density at radius 3 is 2.12 bits per heavy atom. The van der Waals surface area contributed by atoms with Crippen molar-refractivity contribution in [2.24, 2.45) is 0 Å². The van der Waals surface area contributed by atoms with Gasteiger partial charge in [-0.1, -0.05) is 0 Å². The molecule has 0 heterocycles. The predicted octanol–water partition coefficient (Wildman–Crippen LogP) is 3.12. The second kappa shape index (κ2) is 12.4. The quantitative estimate of drug-likeness (QED) is 0.688. The molecule has 132 valence electrons. The summed E-state index contributed by atoms with van der Waals surface area (Å²) in [6.07, 6.45) is 21.3. The summed E-state index contributed by atoms with van der Waals surface area (Å²) >= 11 is 0.420. The smallest absolute Gasteiger partial charge is 0.0312 e. The summed E-state index contributed by atoms with van der Waals surface area (Å²) < 4.78 is 0. The van der Waals surface area contributed by atoms with Crippen molar-refractivity contribution in [3.63, 3.8) is 0 Å². The minimum Gasteiger partial charge on any atom is -0.0312 e. The SMILES string of the molecule is CC([C]1[CH][CH][CH][C]1[Se][C@H]1CCCC[C@@H]1O)N(C)C.[CH]1[CH][CH][CH][CH]1.[Fe+2].